The molecule has 0 aliphatic heterocycles. The molecular weight excluding hydrogens is 220 g/mol. The van der Waals surface area contributed by atoms with Crippen molar-refractivity contribution in [1.82, 2.24) is 4.90 Å². The summed E-state index contributed by atoms with van der Waals surface area (Å²) in [5, 5.41) is 0. The van der Waals surface area contributed by atoms with Crippen LogP contribution in [0.4, 0.5) is 0 Å². The average Bonchev–Trinajstić information content (AvgIpc) is 2.75. The van der Waals surface area contributed by atoms with Crippen molar-refractivity contribution < 1.29 is 0 Å². The predicted octanol–water partition coefficient (Wildman–Crippen LogP) is 2.46. The van der Waals surface area contributed by atoms with E-state index in [9.17, 15) is 0 Å². The van der Waals surface area contributed by atoms with E-state index in [2.05, 4.69) is 50.1 Å². The fourth-order valence-corrected chi connectivity index (χ4v) is 2.93. The zero-order chi connectivity index (χ0) is 13.2. The molecule has 0 radical (unpaired) electrons. The van der Waals surface area contributed by atoms with Gasteiger partial charge in [0.2, 0.25) is 0 Å². The fraction of sp³-hybridized carbons (Fsp3) is 0.625. The lowest BCUT2D eigenvalue weighted by molar-refractivity contribution is 0.129. The van der Waals surface area contributed by atoms with Gasteiger partial charge in [0.15, 0.2) is 0 Å². The van der Waals surface area contributed by atoms with Gasteiger partial charge in [0.05, 0.1) is 0 Å². The van der Waals surface area contributed by atoms with Gasteiger partial charge in [-0.25, -0.2) is 0 Å². The molecule has 0 unspecified atom stereocenters. The summed E-state index contributed by atoms with van der Waals surface area (Å²) in [5.41, 5.74) is 9.24. The van der Waals surface area contributed by atoms with Crippen LogP contribution in [0.25, 0.3) is 0 Å². The van der Waals surface area contributed by atoms with E-state index in [0.717, 1.165) is 31.8 Å². The van der Waals surface area contributed by atoms with Crippen molar-refractivity contribution in [1.29, 1.82) is 0 Å². The van der Waals surface area contributed by atoms with Crippen LogP contribution < -0.4 is 5.73 Å². The first kappa shape index (κ1) is 13.6. The van der Waals surface area contributed by atoms with E-state index in [0.29, 0.717) is 0 Å². The van der Waals surface area contributed by atoms with Gasteiger partial charge >= 0.3 is 0 Å². The van der Waals surface area contributed by atoms with Crippen LogP contribution in [-0.2, 0) is 12.8 Å². The summed E-state index contributed by atoms with van der Waals surface area (Å²) in [5.74, 6) is 0.756. The minimum Gasteiger partial charge on any atom is -0.329 e. The Balaban J connectivity index is 2.10. The molecule has 100 valence electrons. The van der Waals surface area contributed by atoms with Gasteiger partial charge in [-0.1, -0.05) is 38.1 Å². The minimum atomic E-state index is 0.151. The minimum absolute atomic E-state index is 0.151. The Labute approximate surface area is 111 Å². The Bertz CT molecular complexity index is 373. The first-order valence-corrected chi connectivity index (χ1v) is 7.05. The van der Waals surface area contributed by atoms with Gasteiger partial charge in [-0.05, 0) is 49.9 Å². The molecule has 18 heavy (non-hydrogen) atoms. The van der Waals surface area contributed by atoms with Gasteiger partial charge in [0.1, 0.15) is 0 Å². The number of nitrogens with zero attached hydrogens (tertiary/aromatic N) is 1. The van der Waals surface area contributed by atoms with Crippen molar-refractivity contribution in [2.24, 2.45) is 11.7 Å². The average molecular weight is 246 g/mol. The zero-order valence-corrected chi connectivity index (χ0v) is 11.9. The Morgan fingerprint density at radius 2 is 1.78 bits per heavy atom. The van der Waals surface area contributed by atoms with E-state index in [1.807, 2.05) is 0 Å². The summed E-state index contributed by atoms with van der Waals surface area (Å²) >= 11 is 0. The van der Waals surface area contributed by atoms with Crippen molar-refractivity contribution >= 4 is 0 Å². The molecule has 1 aliphatic carbocycles. The zero-order valence-electron chi connectivity index (χ0n) is 11.9. The number of rotatable bonds is 5. The second-order valence-corrected chi connectivity index (χ2v) is 6.15. The highest BCUT2D eigenvalue weighted by molar-refractivity contribution is 5.36. The van der Waals surface area contributed by atoms with Gasteiger partial charge < -0.3 is 5.73 Å². The molecule has 0 saturated carbocycles. The molecule has 0 fully saturated rings. The molecule has 0 spiro atoms. The van der Waals surface area contributed by atoms with E-state index < -0.39 is 0 Å². The number of hydrogen-bond acceptors (Lipinski definition) is 2. The highest BCUT2D eigenvalue weighted by Gasteiger charge is 2.39. The normalized spacial score (nSPS) is 17.4. The Morgan fingerprint density at radius 1 is 1.22 bits per heavy atom. The van der Waals surface area contributed by atoms with Gasteiger partial charge in [-0.2, -0.15) is 0 Å². The summed E-state index contributed by atoms with van der Waals surface area (Å²) in [4.78, 5) is 2.49. The molecule has 0 heterocycles. The maximum atomic E-state index is 6.11. The lowest BCUT2D eigenvalue weighted by Gasteiger charge is -2.38. The van der Waals surface area contributed by atoms with Crippen LogP contribution in [0.3, 0.4) is 0 Å². The third-order valence-electron chi connectivity index (χ3n) is 4.39. The summed E-state index contributed by atoms with van der Waals surface area (Å²) in [6.45, 7) is 6.46. The lowest BCUT2D eigenvalue weighted by atomic mass is 9.93. The van der Waals surface area contributed by atoms with E-state index in [4.69, 9.17) is 5.73 Å². The third-order valence-corrected chi connectivity index (χ3v) is 4.39. The molecule has 1 aliphatic rings. The van der Waals surface area contributed by atoms with Gasteiger partial charge in [0.25, 0.3) is 0 Å². The van der Waals surface area contributed by atoms with Gasteiger partial charge in [-0.15, -0.1) is 0 Å². The molecule has 2 nitrogen and oxygen atoms in total. The van der Waals surface area contributed by atoms with Crippen LogP contribution >= 0.6 is 0 Å². The molecule has 0 atom stereocenters. The number of nitrogens with two attached hydrogens (primary N) is 1. The monoisotopic (exact) mass is 246 g/mol. The molecule has 2 heteroatoms. The van der Waals surface area contributed by atoms with Gasteiger partial charge in [0, 0.05) is 12.1 Å². The number of likely N-dealkylation sites (N-methyl/N-ethyl adjacent to an activating group) is 1. The van der Waals surface area contributed by atoms with E-state index >= 15 is 0 Å². The Kier molecular flexibility index (Phi) is 4.08. The maximum Gasteiger partial charge on any atom is 0.0409 e. The summed E-state index contributed by atoms with van der Waals surface area (Å²) in [7, 11) is 2.24. The van der Waals surface area contributed by atoms with E-state index in [-0.39, 0.29) is 5.54 Å². The summed E-state index contributed by atoms with van der Waals surface area (Å²) in [6.07, 6.45) is 3.46. The molecule has 2 N–H and O–H groups in total. The molecule has 1 aromatic rings. The third kappa shape index (κ3) is 2.60. The molecule has 1 aromatic carbocycles. The largest absolute Gasteiger partial charge is 0.329 e. The van der Waals surface area contributed by atoms with Crippen LogP contribution in [0.1, 0.15) is 31.4 Å². The van der Waals surface area contributed by atoms with E-state index in [1.165, 1.54) is 17.5 Å². The second-order valence-electron chi connectivity index (χ2n) is 6.15. The highest BCUT2D eigenvalue weighted by Crippen LogP contribution is 2.33. The Morgan fingerprint density at radius 3 is 2.22 bits per heavy atom. The van der Waals surface area contributed by atoms with Crippen molar-refractivity contribution in [3.05, 3.63) is 35.4 Å². The first-order valence-electron chi connectivity index (χ1n) is 7.05. The lowest BCUT2D eigenvalue weighted by Crippen LogP contribution is -2.53. The van der Waals surface area contributed by atoms with Crippen molar-refractivity contribution in [2.45, 2.75) is 38.6 Å². The van der Waals surface area contributed by atoms with Crippen LogP contribution in [0, 0.1) is 5.92 Å². The van der Waals surface area contributed by atoms with Crippen LogP contribution in [0.5, 0.6) is 0 Å². The number of hydrogen-bond donors (Lipinski definition) is 1. The SMILES string of the molecule is CC(C)CCN(C)C1(CN)Cc2ccccc2C1. The first-order chi connectivity index (χ1) is 8.57. The van der Waals surface area contributed by atoms with Crippen molar-refractivity contribution in [3.8, 4) is 0 Å². The number of fused-ring (bicyclic) bond motifs is 1. The summed E-state index contributed by atoms with van der Waals surface area (Å²) < 4.78 is 0. The molecule has 2 rings (SSSR count). The smallest absolute Gasteiger partial charge is 0.0409 e. The quantitative estimate of drug-likeness (QED) is 0.865. The van der Waals surface area contributed by atoms with E-state index in [1.54, 1.807) is 0 Å². The maximum absolute atomic E-state index is 6.11. The fourth-order valence-electron chi connectivity index (χ4n) is 2.93. The Hall–Kier alpha value is -0.860. The van der Waals surface area contributed by atoms with Crippen LogP contribution in [0.15, 0.2) is 24.3 Å². The van der Waals surface area contributed by atoms with Crippen molar-refractivity contribution in [3.63, 3.8) is 0 Å². The molecule has 0 saturated heterocycles. The number of benzene rings is 1. The standard InChI is InChI=1S/C16H26N2/c1-13(2)8-9-18(3)16(12-17)10-14-6-4-5-7-15(14)11-16/h4-7,13H,8-12,17H2,1-3H3. The molecule has 0 amide bonds. The van der Waals surface area contributed by atoms with Crippen LogP contribution in [-0.4, -0.2) is 30.6 Å². The summed E-state index contributed by atoms with van der Waals surface area (Å²) in [6, 6.07) is 8.78. The van der Waals surface area contributed by atoms with Crippen molar-refractivity contribution in [2.75, 3.05) is 20.1 Å². The van der Waals surface area contributed by atoms with Gasteiger partial charge in [-0.3, -0.25) is 4.90 Å². The molecule has 0 bridgehead atoms. The predicted molar refractivity (Wildman–Crippen MR) is 77.7 cm³/mol. The second kappa shape index (κ2) is 5.41. The topological polar surface area (TPSA) is 29.3 Å². The molecule has 0 aromatic heterocycles. The van der Waals surface area contributed by atoms with Crippen LogP contribution in [0.2, 0.25) is 0 Å². The highest BCUT2D eigenvalue weighted by atomic mass is 15.2. The molecular formula is C16H26N2.